The first kappa shape index (κ1) is 15.9. The van der Waals surface area contributed by atoms with Crippen LogP contribution in [0, 0.1) is 0 Å². The van der Waals surface area contributed by atoms with Crippen LogP contribution in [0.15, 0.2) is 23.4 Å². The van der Waals surface area contributed by atoms with Crippen LogP contribution in [0.25, 0.3) is 11.4 Å². The van der Waals surface area contributed by atoms with E-state index in [0.29, 0.717) is 26.6 Å². The molecule has 2 aromatic rings. The summed E-state index contributed by atoms with van der Waals surface area (Å²) in [4.78, 5) is 13.1. The Balaban J connectivity index is 2.24. The van der Waals surface area contributed by atoms with Gasteiger partial charge in [0, 0.05) is 24.7 Å². The van der Waals surface area contributed by atoms with Crippen LogP contribution in [0.2, 0.25) is 10.0 Å². The van der Waals surface area contributed by atoms with Gasteiger partial charge in [-0.25, -0.2) is 4.68 Å². The summed E-state index contributed by atoms with van der Waals surface area (Å²) in [6, 6.07) is 5.00. The fraction of sp³-hybridized carbons (Fsp3) is 0.250. The summed E-state index contributed by atoms with van der Waals surface area (Å²) >= 11 is 13.3. The molecular formula is C12H13Cl2N5OS. The van der Waals surface area contributed by atoms with Crippen LogP contribution in [0.5, 0.6) is 0 Å². The van der Waals surface area contributed by atoms with E-state index in [-0.39, 0.29) is 11.7 Å². The Morgan fingerprint density at radius 3 is 2.76 bits per heavy atom. The van der Waals surface area contributed by atoms with Crippen LogP contribution < -0.4 is 5.84 Å². The van der Waals surface area contributed by atoms with Gasteiger partial charge < -0.3 is 10.7 Å². The van der Waals surface area contributed by atoms with E-state index < -0.39 is 0 Å². The molecule has 9 heteroatoms. The third kappa shape index (κ3) is 3.61. The summed E-state index contributed by atoms with van der Waals surface area (Å²) in [5.74, 6) is 6.54. The van der Waals surface area contributed by atoms with Gasteiger partial charge in [-0.15, -0.1) is 10.2 Å². The molecule has 1 aromatic carbocycles. The number of carbonyl (C=O) groups is 1. The second kappa shape index (κ2) is 6.55. The van der Waals surface area contributed by atoms with E-state index in [0.717, 1.165) is 0 Å². The van der Waals surface area contributed by atoms with Gasteiger partial charge in [-0.1, -0.05) is 35.0 Å². The number of nitrogen functional groups attached to an aromatic ring is 1. The fourth-order valence-electron chi connectivity index (χ4n) is 1.48. The van der Waals surface area contributed by atoms with Crippen LogP contribution in [0.4, 0.5) is 0 Å². The van der Waals surface area contributed by atoms with E-state index in [4.69, 9.17) is 29.0 Å². The van der Waals surface area contributed by atoms with E-state index in [1.165, 1.54) is 21.3 Å². The first-order valence-electron chi connectivity index (χ1n) is 5.89. The predicted octanol–water partition coefficient (Wildman–Crippen LogP) is 2.15. The highest BCUT2D eigenvalue weighted by atomic mass is 35.5. The molecule has 1 aromatic heterocycles. The number of amides is 1. The number of nitrogens with two attached hydrogens (primary N) is 1. The Hall–Kier alpha value is -1.44. The smallest absolute Gasteiger partial charge is 0.232 e. The van der Waals surface area contributed by atoms with Gasteiger partial charge in [-0.2, -0.15) is 0 Å². The highest BCUT2D eigenvalue weighted by molar-refractivity contribution is 7.99. The Bertz CT molecular complexity index is 674. The molecule has 6 nitrogen and oxygen atoms in total. The van der Waals surface area contributed by atoms with Crippen LogP contribution in [-0.2, 0) is 4.79 Å². The highest BCUT2D eigenvalue weighted by Gasteiger charge is 2.16. The van der Waals surface area contributed by atoms with Crippen molar-refractivity contribution in [2.45, 2.75) is 5.16 Å². The maximum Gasteiger partial charge on any atom is 0.232 e. The molecule has 1 heterocycles. The lowest BCUT2D eigenvalue weighted by Crippen LogP contribution is -2.24. The number of nitrogens with zero attached hydrogens (tertiary/aromatic N) is 4. The summed E-state index contributed by atoms with van der Waals surface area (Å²) in [6.45, 7) is 0. The predicted molar refractivity (Wildman–Crippen MR) is 85.0 cm³/mol. The zero-order valence-electron chi connectivity index (χ0n) is 11.4. The zero-order valence-corrected chi connectivity index (χ0v) is 13.7. The maximum atomic E-state index is 11.6. The third-order valence-electron chi connectivity index (χ3n) is 2.66. The molecule has 2 N–H and O–H groups in total. The van der Waals surface area contributed by atoms with Crippen molar-refractivity contribution in [2.75, 3.05) is 25.7 Å². The lowest BCUT2D eigenvalue weighted by Gasteiger charge is -2.09. The summed E-state index contributed by atoms with van der Waals surface area (Å²) in [5, 5.41) is 9.40. The molecule has 21 heavy (non-hydrogen) atoms. The van der Waals surface area contributed by atoms with Gasteiger partial charge >= 0.3 is 0 Å². The standard InChI is InChI=1S/C12H13Cl2N5OS/c1-18(2)10(20)6-21-12-17-16-11(19(12)15)8-5-7(13)3-4-9(8)14/h3-5H,6,15H2,1-2H3. The molecule has 112 valence electrons. The van der Waals surface area contributed by atoms with E-state index >= 15 is 0 Å². The third-order valence-corrected chi connectivity index (χ3v) is 4.15. The van der Waals surface area contributed by atoms with Crippen molar-refractivity contribution in [2.24, 2.45) is 0 Å². The first-order valence-corrected chi connectivity index (χ1v) is 7.63. The Labute approximate surface area is 136 Å². The molecule has 0 atom stereocenters. The molecule has 1 amide bonds. The van der Waals surface area contributed by atoms with Crippen LogP contribution in [0.3, 0.4) is 0 Å². The second-order valence-corrected chi connectivity index (χ2v) is 6.16. The lowest BCUT2D eigenvalue weighted by molar-refractivity contribution is -0.125. The SMILES string of the molecule is CN(C)C(=O)CSc1nnc(-c2cc(Cl)ccc2Cl)n1N. The van der Waals surface area contributed by atoms with Crippen molar-refractivity contribution < 1.29 is 4.79 Å². The van der Waals surface area contributed by atoms with Gasteiger partial charge in [-0.05, 0) is 18.2 Å². The zero-order chi connectivity index (χ0) is 15.6. The number of hydrogen-bond donors (Lipinski definition) is 1. The molecule has 2 rings (SSSR count). The number of thioether (sulfide) groups is 1. The lowest BCUT2D eigenvalue weighted by atomic mass is 10.2. The molecule has 0 bridgehead atoms. The molecule has 0 saturated heterocycles. The quantitative estimate of drug-likeness (QED) is 0.678. The number of benzene rings is 1. The van der Waals surface area contributed by atoms with Crippen LogP contribution in [0.1, 0.15) is 0 Å². The van der Waals surface area contributed by atoms with Crippen molar-refractivity contribution in [1.82, 2.24) is 19.8 Å². The van der Waals surface area contributed by atoms with Crippen molar-refractivity contribution in [3.63, 3.8) is 0 Å². The Morgan fingerprint density at radius 1 is 1.38 bits per heavy atom. The van der Waals surface area contributed by atoms with E-state index in [1.807, 2.05) is 0 Å². The summed E-state index contributed by atoms with van der Waals surface area (Å²) in [5.41, 5.74) is 0.588. The first-order chi connectivity index (χ1) is 9.90. The second-order valence-electron chi connectivity index (χ2n) is 4.38. The molecule has 0 unspecified atom stereocenters. The minimum absolute atomic E-state index is 0.0367. The maximum absolute atomic E-state index is 11.6. The number of rotatable bonds is 4. The largest absolute Gasteiger partial charge is 0.348 e. The van der Waals surface area contributed by atoms with Crippen LogP contribution in [-0.4, -0.2) is 45.5 Å². The molecule has 0 aliphatic heterocycles. The molecule has 0 aliphatic carbocycles. The number of halogens is 2. The number of carbonyl (C=O) groups excluding carboxylic acids is 1. The van der Waals surface area contributed by atoms with E-state index in [9.17, 15) is 4.79 Å². The molecular weight excluding hydrogens is 333 g/mol. The van der Waals surface area contributed by atoms with Gasteiger partial charge in [0.05, 0.1) is 10.8 Å². The average Bonchev–Trinajstić information content (AvgIpc) is 2.80. The summed E-state index contributed by atoms with van der Waals surface area (Å²) < 4.78 is 1.30. The molecule has 0 aliphatic rings. The fourth-order valence-corrected chi connectivity index (χ4v) is 2.69. The number of hydrogen-bond acceptors (Lipinski definition) is 5. The minimum atomic E-state index is -0.0367. The van der Waals surface area contributed by atoms with Gasteiger partial charge in [-0.3, -0.25) is 4.79 Å². The van der Waals surface area contributed by atoms with Crippen LogP contribution >= 0.6 is 35.0 Å². The van der Waals surface area contributed by atoms with Crippen molar-refractivity contribution in [1.29, 1.82) is 0 Å². The van der Waals surface area contributed by atoms with Crippen molar-refractivity contribution in [3.05, 3.63) is 28.2 Å². The molecule has 0 radical (unpaired) electrons. The van der Waals surface area contributed by atoms with Gasteiger partial charge in [0.25, 0.3) is 0 Å². The molecule has 0 fully saturated rings. The average molecular weight is 346 g/mol. The van der Waals surface area contributed by atoms with Gasteiger partial charge in [0.1, 0.15) is 0 Å². The Kier molecular flexibility index (Phi) is 4.97. The summed E-state index contributed by atoms with van der Waals surface area (Å²) in [6.07, 6.45) is 0. The highest BCUT2D eigenvalue weighted by Crippen LogP contribution is 2.30. The topological polar surface area (TPSA) is 77.0 Å². The van der Waals surface area contributed by atoms with Gasteiger partial charge in [0.2, 0.25) is 11.1 Å². The summed E-state index contributed by atoms with van der Waals surface area (Å²) in [7, 11) is 3.38. The molecule has 0 spiro atoms. The minimum Gasteiger partial charge on any atom is -0.348 e. The van der Waals surface area contributed by atoms with Crippen molar-refractivity contribution in [3.8, 4) is 11.4 Å². The normalized spacial score (nSPS) is 10.7. The Morgan fingerprint density at radius 2 is 2.10 bits per heavy atom. The van der Waals surface area contributed by atoms with Crippen molar-refractivity contribution >= 4 is 40.9 Å². The molecule has 0 saturated carbocycles. The van der Waals surface area contributed by atoms with E-state index in [1.54, 1.807) is 32.3 Å². The van der Waals surface area contributed by atoms with Gasteiger partial charge in [0.15, 0.2) is 5.82 Å². The number of aromatic nitrogens is 3. The van der Waals surface area contributed by atoms with E-state index in [2.05, 4.69) is 10.2 Å². The monoisotopic (exact) mass is 345 g/mol.